The Labute approximate surface area is 168 Å². The lowest BCUT2D eigenvalue weighted by Crippen LogP contribution is -2.52. The van der Waals surface area contributed by atoms with Crippen LogP contribution in [0.3, 0.4) is 0 Å². The van der Waals surface area contributed by atoms with Crippen molar-refractivity contribution in [3.8, 4) is 0 Å². The van der Waals surface area contributed by atoms with E-state index in [1.807, 2.05) is 25.1 Å². The summed E-state index contributed by atoms with van der Waals surface area (Å²) in [5.74, 6) is -2.59. The van der Waals surface area contributed by atoms with Gasteiger partial charge in [-0.15, -0.1) is 0 Å². The number of aryl methyl sites for hydroxylation is 1. The minimum Gasteiger partial charge on any atom is -0.368 e. The zero-order valence-electron chi connectivity index (χ0n) is 16.3. The van der Waals surface area contributed by atoms with Crippen LogP contribution in [0.15, 0.2) is 42.5 Å². The molecule has 1 saturated carbocycles. The molecule has 0 unspecified atom stereocenters. The Morgan fingerprint density at radius 3 is 2.17 bits per heavy atom. The van der Waals surface area contributed by atoms with Crippen LogP contribution in [-0.2, 0) is 9.59 Å². The fourth-order valence-corrected chi connectivity index (χ4v) is 3.81. The van der Waals surface area contributed by atoms with Gasteiger partial charge >= 0.3 is 0 Å². The molecule has 0 radical (unpaired) electrons. The van der Waals surface area contributed by atoms with E-state index in [9.17, 15) is 18.4 Å². The first-order valence-electron chi connectivity index (χ1n) is 9.77. The molecule has 2 aromatic rings. The second kappa shape index (κ2) is 7.46. The van der Waals surface area contributed by atoms with E-state index in [0.717, 1.165) is 17.8 Å². The Kier molecular flexibility index (Phi) is 4.98. The van der Waals surface area contributed by atoms with E-state index in [0.29, 0.717) is 39.0 Å². The summed E-state index contributed by atoms with van der Waals surface area (Å²) >= 11 is 0. The predicted molar refractivity (Wildman–Crippen MR) is 107 cm³/mol. The average molecular weight is 399 g/mol. The van der Waals surface area contributed by atoms with Crippen molar-refractivity contribution < 1.29 is 18.4 Å². The molecule has 2 amide bonds. The van der Waals surface area contributed by atoms with Crippen molar-refractivity contribution in [3.05, 3.63) is 59.7 Å². The number of rotatable bonds is 4. The molecule has 4 rings (SSSR count). The van der Waals surface area contributed by atoms with Crippen LogP contribution in [0.4, 0.5) is 20.2 Å². The highest BCUT2D eigenvalue weighted by atomic mass is 19.1. The summed E-state index contributed by atoms with van der Waals surface area (Å²) in [6.07, 6.45) is 0.789. The number of hydrogen-bond donors (Lipinski definition) is 1. The number of hydrogen-bond acceptors (Lipinski definition) is 3. The number of carbonyl (C=O) groups is 2. The second-order valence-electron chi connectivity index (χ2n) is 7.75. The van der Waals surface area contributed by atoms with Gasteiger partial charge in [-0.3, -0.25) is 9.59 Å². The molecule has 0 aromatic heterocycles. The van der Waals surface area contributed by atoms with E-state index < -0.39 is 28.6 Å². The van der Waals surface area contributed by atoms with Crippen LogP contribution in [0.1, 0.15) is 18.4 Å². The summed E-state index contributed by atoms with van der Waals surface area (Å²) in [4.78, 5) is 29.7. The smallest absolute Gasteiger partial charge is 0.240 e. The van der Waals surface area contributed by atoms with Crippen LogP contribution in [0.5, 0.6) is 0 Å². The highest BCUT2D eigenvalue weighted by molar-refractivity contribution is 6.13. The first-order valence-corrected chi connectivity index (χ1v) is 9.77. The highest BCUT2D eigenvalue weighted by Gasteiger charge is 2.58. The van der Waals surface area contributed by atoms with Crippen LogP contribution < -0.4 is 10.2 Å². The van der Waals surface area contributed by atoms with E-state index in [1.165, 1.54) is 11.6 Å². The summed E-state index contributed by atoms with van der Waals surface area (Å²) in [6, 6.07) is 11.6. The number of anilines is 2. The topological polar surface area (TPSA) is 52.7 Å². The molecule has 2 aliphatic rings. The van der Waals surface area contributed by atoms with E-state index in [1.54, 1.807) is 4.90 Å². The quantitative estimate of drug-likeness (QED) is 0.803. The van der Waals surface area contributed by atoms with Crippen molar-refractivity contribution in [1.29, 1.82) is 0 Å². The molecule has 1 saturated heterocycles. The molecule has 1 heterocycles. The van der Waals surface area contributed by atoms with E-state index >= 15 is 0 Å². The Morgan fingerprint density at radius 1 is 0.966 bits per heavy atom. The van der Waals surface area contributed by atoms with Gasteiger partial charge in [0.25, 0.3) is 0 Å². The number of para-hydroxylation sites is 1. The van der Waals surface area contributed by atoms with Crippen molar-refractivity contribution in [2.75, 3.05) is 36.4 Å². The molecule has 0 bridgehead atoms. The molecule has 0 spiro atoms. The van der Waals surface area contributed by atoms with Crippen molar-refractivity contribution in [2.24, 2.45) is 5.41 Å². The van der Waals surface area contributed by atoms with Crippen LogP contribution >= 0.6 is 0 Å². The molecule has 0 atom stereocenters. The maximum atomic E-state index is 13.9. The number of benzene rings is 2. The van der Waals surface area contributed by atoms with Crippen LogP contribution in [-0.4, -0.2) is 42.9 Å². The standard InChI is InChI=1S/C22H23F2N3O2/c1-15-4-2-5-16(14-15)26-10-12-27(13-11-26)21(29)22(8-9-22)20(28)25-19-17(23)6-3-7-18(19)24/h2-7,14H,8-13H2,1H3,(H,25,28). The SMILES string of the molecule is Cc1cccc(N2CCN(C(=O)C3(C(=O)Nc4c(F)cccc4F)CC3)CC2)c1. The largest absolute Gasteiger partial charge is 0.368 e. The molecule has 2 fully saturated rings. The third-order valence-electron chi connectivity index (χ3n) is 5.73. The van der Waals surface area contributed by atoms with Gasteiger partial charge in [-0.25, -0.2) is 8.78 Å². The molecule has 29 heavy (non-hydrogen) atoms. The van der Waals surface area contributed by atoms with Gasteiger partial charge in [0.1, 0.15) is 22.7 Å². The summed E-state index contributed by atoms with van der Waals surface area (Å²) in [5, 5.41) is 2.30. The Hall–Kier alpha value is -2.96. The van der Waals surface area contributed by atoms with Gasteiger partial charge in [-0.1, -0.05) is 18.2 Å². The Balaban J connectivity index is 1.41. The van der Waals surface area contributed by atoms with Crippen molar-refractivity contribution in [2.45, 2.75) is 19.8 Å². The normalized spacial score (nSPS) is 17.8. The summed E-state index contributed by atoms with van der Waals surface area (Å²) in [7, 11) is 0. The minimum absolute atomic E-state index is 0.254. The molecule has 152 valence electrons. The zero-order chi connectivity index (χ0) is 20.6. The van der Waals surface area contributed by atoms with E-state index in [-0.39, 0.29) is 5.91 Å². The Bertz CT molecular complexity index is 931. The van der Waals surface area contributed by atoms with Gasteiger partial charge in [0, 0.05) is 31.9 Å². The second-order valence-corrected chi connectivity index (χ2v) is 7.75. The first kappa shape index (κ1) is 19.4. The third kappa shape index (κ3) is 3.69. The maximum absolute atomic E-state index is 13.9. The molecular formula is C22H23F2N3O2. The van der Waals surface area contributed by atoms with Crippen LogP contribution in [0.2, 0.25) is 0 Å². The Morgan fingerprint density at radius 2 is 1.59 bits per heavy atom. The third-order valence-corrected chi connectivity index (χ3v) is 5.73. The van der Waals surface area contributed by atoms with Gasteiger partial charge in [-0.2, -0.15) is 0 Å². The number of halogens is 2. The van der Waals surface area contributed by atoms with Gasteiger partial charge in [-0.05, 0) is 49.6 Å². The van der Waals surface area contributed by atoms with Crippen molar-refractivity contribution in [3.63, 3.8) is 0 Å². The molecule has 1 aliphatic carbocycles. The summed E-state index contributed by atoms with van der Waals surface area (Å²) < 4.78 is 27.7. The van der Waals surface area contributed by atoms with Gasteiger partial charge in [0.05, 0.1) is 0 Å². The maximum Gasteiger partial charge on any atom is 0.240 e. The van der Waals surface area contributed by atoms with Crippen LogP contribution in [0, 0.1) is 24.0 Å². The minimum atomic E-state index is -1.21. The first-order chi connectivity index (χ1) is 13.9. The van der Waals surface area contributed by atoms with Gasteiger partial charge < -0.3 is 15.1 Å². The van der Waals surface area contributed by atoms with E-state index in [2.05, 4.69) is 16.3 Å². The number of nitrogens with one attached hydrogen (secondary N) is 1. The molecule has 2 aromatic carbocycles. The highest BCUT2D eigenvalue weighted by Crippen LogP contribution is 2.48. The van der Waals surface area contributed by atoms with E-state index in [4.69, 9.17) is 0 Å². The predicted octanol–water partition coefficient (Wildman–Crippen LogP) is 3.34. The number of piperazine rings is 1. The van der Waals surface area contributed by atoms with Crippen LogP contribution in [0.25, 0.3) is 0 Å². The molecule has 1 N–H and O–H groups in total. The van der Waals surface area contributed by atoms with Crippen molar-refractivity contribution >= 4 is 23.2 Å². The summed E-state index contributed by atoms with van der Waals surface area (Å²) in [6.45, 7) is 4.41. The van der Waals surface area contributed by atoms with Crippen molar-refractivity contribution in [1.82, 2.24) is 4.90 Å². The monoisotopic (exact) mass is 399 g/mol. The average Bonchev–Trinajstić information content (AvgIpc) is 3.52. The molecule has 5 nitrogen and oxygen atoms in total. The van der Waals surface area contributed by atoms with Gasteiger partial charge in [0.2, 0.25) is 11.8 Å². The lowest BCUT2D eigenvalue weighted by Gasteiger charge is -2.37. The number of amides is 2. The fourth-order valence-electron chi connectivity index (χ4n) is 3.81. The molecular weight excluding hydrogens is 376 g/mol. The zero-order valence-corrected chi connectivity index (χ0v) is 16.3. The number of nitrogens with zero attached hydrogens (tertiary/aromatic N) is 2. The van der Waals surface area contributed by atoms with Gasteiger partial charge in [0.15, 0.2) is 0 Å². The lowest BCUT2D eigenvalue weighted by molar-refractivity contribution is -0.142. The molecule has 7 heteroatoms. The summed E-state index contributed by atoms with van der Waals surface area (Å²) in [5.41, 5.74) is 0.585. The lowest BCUT2D eigenvalue weighted by atomic mass is 10.0. The fraction of sp³-hybridized carbons (Fsp3) is 0.364. The number of carbonyl (C=O) groups excluding carboxylic acids is 2. The molecule has 1 aliphatic heterocycles.